The quantitative estimate of drug-likeness (QED) is 0.750. The van der Waals surface area contributed by atoms with E-state index in [1.807, 2.05) is 0 Å². The fourth-order valence-electron chi connectivity index (χ4n) is 2.32. The molecule has 0 spiro atoms. The standard InChI is InChI=1S/C14H17FO2/c1-10-6-11(8-12(15)7-10)13(16)9-14(17-2)4-3-5-14/h6-8H,3-5,9H2,1-2H3. The summed E-state index contributed by atoms with van der Waals surface area (Å²) in [6.45, 7) is 1.79. The first-order chi connectivity index (χ1) is 8.04. The Kier molecular flexibility index (Phi) is 3.29. The molecule has 3 heteroatoms. The maximum atomic E-state index is 13.2. The number of carbonyl (C=O) groups excluding carboxylic acids is 1. The number of hydrogen-bond acceptors (Lipinski definition) is 2. The molecule has 0 unspecified atom stereocenters. The van der Waals surface area contributed by atoms with E-state index in [1.54, 1.807) is 20.1 Å². The fraction of sp³-hybridized carbons (Fsp3) is 0.500. The minimum Gasteiger partial charge on any atom is -0.378 e. The van der Waals surface area contributed by atoms with Gasteiger partial charge in [0.05, 0.1) is 5.60 Å². The molecule has 2 nitrogen and oxygen atoms in total. The summed E-state index contributed by atoms with van der Waals surface area (Å²) in [5, 5.41) is 0. The fourth-order valence-corrected chi connectivity index (χ4v) is 2.32. The van der Waals surface area contributed by atoms with Crippen molar-refractivity contribution in [3.63, 3.8) is 0 Å². The Morgan fingerprint density at radius 2 is 2.12 bits per heavy atom. The van der Waals surface area contributed by atoms with Crippen LogP contribution in [0.5, 0.6) is 0 Å². The van der Waals surface area contributed by atoms with E-state index in [9.17, 15) is 9.18 Å². The number of ketones is 1. The number of methoxy groups -OCH3 is 1. The monoisotopic (exact) mass is 236 g/mol. The van der Waals surface area contributed by atoms with Crippen molar-refractivity contribution in [2.24, 2.45) is 0 Å². The van der Waals surface area contributed by atoms with Crippen LogP contribution >= 0.6 is 0 Å². The van der Waals surface area contributed by atoms with Gasteiger partial charge in [-0.1, -0.05) is 0 Å². The molecule has 0 saturated heterocycles. The van der Waals surface area contributed by atoms with Gasteiger partial charge in [-0.2, -0.15) is 0 Å². The van der Waals surface area contributed by atoms with E-state index in [-0.39, 0.29) is 17.2 Å². The van der Waals surface area contributed by atoms with Crippen molar-refractivity contribution in [2.45, 2.75) is 38.2 Å². The molecule has 0 atom stereocenters. The van der Waals surface area contributed by atoms with Crippen molar-refractivity contribution in [3.05, 3.63) is 35.1 Å². The predicted octanol–water partition coefficient (Wildman–Crippen LogP) is 3.28. The second-order valence-corrected chi connectivity index (χ2v) is 4.86. The molecule has 0 bridgehead atoms. The number of Topliss-reactive ketones (excluding diaryl/α,β-unsaturated/α-hetero) is 1. The number of rotatable bonds is 4. The third-order valence-electron chi connectivity index (χ3n) is 3.54. The van der Waals surface area contributed by atoms with E-state index >= 15 is 0 Å². The maximum Gasteiger partial charge on any atom is 0.165 e. The van der Waals surface area contributed by atoms with Crippen LogP contribution in [0.4, 0.5) is 4.39 Å². The number of benzene rings is 1. The van der Waals surface area contributed by atoms with E-state index in [1.165, 1.54) is 12.1 Å². The molecule has 1 aromatic rings. The van der Waals surface area contributed by atoms with E-state index in [0.29, 0.717) is 12.0 Å². The first-order valence-electron chi connectivity index (χ1n) is 5.90. The second-order valence-electron chi connectivity index (χ2n) is 4.86. The van der Waals surface area contributed by atoms with Crippen LogP contribution in [0, 0.1) is 12.7 Å². The van der Waals surface area contributed by atoms with Crippen molar-refractivity contribution < 1.29 is 13.9 Å². The molecular weight excluding hydrogens is 219 g/mol. The Hall–Kier alpha value is -1.22. The number of hydrogen-bond donors (Lipinski definition) is 0. The molecule has 1 aliphatic carbocycles. The first kappa shape index (κ1) is 12.2. The van der Waals surface area contributed by atoms with Crippen LogP contribution in [0.3, 0.4) is 0 Å². The highest BCUT2D eigenvalue weighted by atomic mass is 19.1. The molecule has 1 fully saturated rings. The minimum atomic E-state index is -0.353. The number of halogens is 1. The zero-order valence-corrected chi connectivity index (χ0v) is 10.3. The Balaban J connectivity index is 2.14. The van der Waals surface area contributed by atoms with Gasteiger partial charge >= 0.3 is 0 Å². The molecule has 0 aliphatic heterocycles. The largest absolute Gasteiger partial charge is 0.378 e. The average molecular weight is 236 g/mol. The van der Waals surface area contributed by atoms with Crippen LogP contribution in [0.1, 0.15) is 41.6 Å². The highest BCUT2D eigenvalue weighted by Crippen LogP contribution is 2.38. The van der Waals surface area contributed by atoms with E-state index in [0.717, 1.165) is 24.8 Å². The van der Waals surface area contributed by atoms with E-state index in [2.05, 4.69) is 0 Å². The number of aryl methyl sites for hydroxylation is 1. The second kappa shape index (κ2) is 4.57. The molecule has 1 aliphatic rings. The van der Waals surface area contributed by atoms with Crippen LogP contribution in [-0.2, 0) is 4.74 Å². The summed E-state index contributed by atoms with van der Waals surface area (Å²) < 4.78 is 18.6. The first-order valence-corrected chi connectivity index (χ1v) is 5.90. The molecule has 92 valence electrons. The lowest BCUT2D eigenvalue weighted by molar-refractivity contribution is -0.0704. The van der Waals surface area contributed by atoms with Gasteiger partial charge in [-0.25, -0.2) is 4.39 Å². The van der Waals surface area contributed by atoms with Gasteiger partial charge in [-0.15, -0.1) is 0 Å². The van der Waals surface area contributed by atoms with Crippen LogP contribution in [0.2, 0.25) is 0 Å². The summed E-state index contributed by atoms with van der Waals surface area (Å²) in [6, 6.07) is 4.46. The van der Waals surface area contributed by atoms with Gasteiger partial charge < -0.3 is 4.74 Å². The number of ether oxygens (including phenoxy) is 1. The van der Waals surface area contributed by atoms with Crippen LogP contribution < -0.4 is 0 Å². The minimum absolute atomic E-state index is 0.0332. The highest BCUT2D eigenvalue weighted by Gasteiger charge is 2.39. The van der Waals surface area contributed by atoms with Crippen LogP contribution in [0.15, 0.2) is 18.2 Å². The molecule has 0 amide bonds. The lowest BCUT2D eigenvalue weighted by atomic mass is 9.76. The predicted molar refractivity (Wildman–Crippen MR) is 63.7 cm³/mol. The molecule has 1 saturated carbocycles. The smallest absolute Gasteiger partial charge is 0.165 e. The SMILES string of the molecule is COC1(CC(=O)c2cc(C)cc(F)c2)CCC1. The Morgan fingerprint density at radius 3 is 2.59 bits per heavy atom. The lowest BCUT2D eigenvalue weighted by Gasteiger charge is -2.40. The summed E-state index contributed by atoms with van der Waals surface area (Å²) in [5.41, 5.74) is 0.927. The van der Waals surface area contributed by atoms with Gasteiger partial charge in [-0.05, 0) is 49.9 Å². The van der Waals surface area contributed by atoms with Crippen molar-refractivity contribution in [2.75, 3.05) is 7.11 Å². The Labute approximate surface area is 101 Å². The van der Waals surface area contributed by atoms with Crippen molar-refractivity contribution >= 4 is 5.78 Å². The van der Waals surface area contributed by atoms with E-state index in [4.69, 9.17) is 4.74 Å². The summed E-state index contributed by atoms with van der Waals surface area (Å²) >= 11 is 0. The van der Waals surface area contributed by atoms with E-state index < -0.39 is 0 Å². The zero-order valence-electron chi connectivity index (χ0n) is 10.3. The van der Waals surface area contributed by atoms with Crippen molar-refractivity contribution in [3.8, 4) is 0 Å². The molecular formula is C14H17FO2. The normalized spacial score (nSPS) is 17.6. The van der Waals surface area contributed by atoms with Gasteiger partial charge in [0.2, 0.25) is 0 Å². The third kappa shape index (κ3) is 2.55. The summed E-state index contributed by atoms with van der Waals surface area (Å²) in [6.07, 6.45) is 3.29. The Bertz CT molecular complexity index is 410. The zero-order chi connectivity index (χ0) is 12.5. The molecule has 0 N–H and O–H groups in total. The average Bonchev–Trinajstić information content (AvgIpc) is 2.21. The summed E-state index contributed by atoms with van der Waals surface area (Å²) in [7, 11) is 1.64. The molecule has 0 radical (unpaired) electrons. The summed E-state index contributed by atoms with van der Waals surface area (Å²) in [4.78, 5) is 12.1. The van der Waals surface area contributed by atoms with Crippen molar-refractivity contribution in [1.29, 1.82) is 0 Å². The van der Waals surface area contributed by atoms with Gasteiger partial charge in [0, 0.05) is 19.1 Å². The van der Waals surface area contributed by atoms with Gasteiger partial charge in [0.25, 0.3) is 0 Å². The van der Waals surface area contributed by atoms with Gasteiger partial charge in [-0.3, -0.25) is 4.79 Å². The van der Waals surface area contributed by atoms with Crippen LogP contribution in [0.25, 0.3) is 0 Å². The van der Waals surface area contributed by atoms with Gasteiger partial charge in [0.1, 0.15) is 5.82 Å². The van der Waals surface area contributed by atoms with Crippen LogP contribution in [-0.4, -0.2) is 18.5 Å². The lowest BCUT2D eigenvalue weighted by Crippen LogP contribution is -2.41. The highest BCUT2D eigenvalue weighted by molar-refractivity contribution is 5.97. The molecule has 0 aromatic heterocycles. The molecule has 1 aromatic carbocycles. The molecule has 0 heterocycles. The topological polar surface area (TPSA) is 26.3 Å². The van der Waals surface area contributed by atoms with Gasteiger partial charge in [0.15, 0.2) is 5.78 Å². The molecule has 2 rings (SSSR count). The summed E-state index contributed by atoms with van der Waals surface area (Å²) in [5.74, 6) is -0.387. The third-order valence-corrected chi connectivity index (χ3v) is 3.54. The number of carbonyl (C=O) groups is 1. The maximum absolute atomic E-state index is 13.2. The molecule has 17 heavy (non-hydrogen) atoms. The van der Waals surface area contributed by atoms with Crippen molar-refractivity contribution in [1.82, 2.24) is 0 Å². The Morgan fingerprint density at radius 1 is 1.41 bits per heavy atom.